The molecule has 0 unspecified atom stereocenters. The van der Waals surface area contributed by atoms with Crippen molar-refractivity contribution in [2.24, 2.45) is 5.73 Å². The molecule has 0 fully saturated rings. The van der Waals surface area contributed by atoms with Gasteiger partial charge < -0.3 is 15.2 Å². The van der Waals surface area contributed by atoms with Gasteiger partial charge in [0.05, 0.1) is 18.5 Å². The van der Waals surface area contributed by atoms with Crippen molar-refractivity contribution < 1.29 is 9.47 Å². The zero-order valence-corrected chi connectivity index (χ0v) is 13.1. The van der Waals surface area contributed by atoms with E-state index >= 15 is 0 Å². The summed E-state index contributed by atoms with van der Waals surface area (Å²) >= 11 is 0. The van der Waals surface area contributed by atoms with Crippen LogP contribution < -0.4 is 15.2 Å². The maximum atomic E-state index is 5.89. The molecule has 0 aliphatic heterocycles. The molecule has 21 heavy (non-hydrogen) atoms. The number of aryl methyl sites for hydroxylation is 2. The first kappa shape index (κ1) is 15.4. The van der Waals surface area contributed by atoms with Crippen LogP contribution in [0.2, 0.25) is 0 Å². The summed E-state index contributed by atoms with van der Waals surface area (Å²) < 4.78 is 13.2. The van der Waals surface area contributed by atoms with Crippen LogP contribution in [0.5, 0.6) is 11.5 Å². The van der Waals surface area contributed by atoms with Crippen molar-refractivity contribution in [1.82, 2.24) is 9.78 Å². The fraction of sp³-hybridized carbons (Fsp3) is 0.438. The van der Waals surface area contributed by atoms with Crippen molar-refractivity contribution in [3.8, 4) is 11.5 Å². The molecule has 1 aromatic carbocycles. The van der Waals surface area contributed by atoms with Crippen LogP contribution in [0.1, 0.15) is 36.8 Å². The SMILES string of the molecule is CCn1nc(C)cc1COc1ccc([C@@H](C)N)cc1OC. The van der Waals surface area contributed by atoms with E-state index < -0.39 is 0 Å². The Morgan fingerprint density at radius 1 is 1.29 bits per heavy atom. The minimum absolute atomic E-state index is 0.0304. The average Bonchev–Trinajstić information content (AvgIpc) is 2.84. The Kier molecular flexibility index (Phi) is 4.85. The van der Waals surface area contributed by atoms with Gasteiger partial charge in [-0.25, -0.2) is 0 Å². The largest absolute Gasteiger partial charge is 0.493 e. The molecule has 0 saturated carbocycles. The van der Waals surface area contributed by atoms with Gasteiger partial charge in [-0.15, -0.1) is 0 Å². The fourth-order valence-electron chi connectivity index (χ4n) is 2.23. The van der Waals surface area contributed by atoms with E-state index in [1.54, 1.807) is 7.11 Å². The van der Waals surface area contributed by atoms with E-state index in [2.05, 4.69) is 12.0 Å². The summed E-state index contributed by atoms with van der Waals surface area (Å²) in [5.74, 6) is 1.41. The number of aromatic nitrogens is 2. The van der Waals surface area contributed by atoms with Crippen LogP contribution in [-0.2, 0) is 13.2 Å². The molecular weight excluding hydrogens is 266 g/mol. The lowest BCUT2D eigenvalue weighted by atomic mass is 10.1. The van der Waals surface area contributed by atoms with Crippen LogP contribution >= 0.6 is 0 Å². The molecule has 5 nitrogen and oxygen atoms in total. The van der Waals surface area contributed by atoms with Gasteiger partial charge in [0.2, 0.25) is 0 Å². The number of nitrogens with two attached hydrogens (primary N) is 1. The molecule has 0 radical (unpaired) electrons. The van der Waals surface area contributed by atoms with Crippen LogP contribution in [-0.4, -0.2) is 16.9 Å². The molecule has 0 bridgehead atoms. The maximum absolute atomic E-state index is 5.89. The summed E-state index contributed by atoms with van der Waals surface area (Å²) in [5.41, 5.74) is 8.95. The molecule has 5 heteroatoms. The number of methoxy groups -OCH3 is 1. The monoisotopic (exact) mass is 289 g/mol. The molecule has 2 rings (SSSR count). The minimum Gasteiger partial charge on any atom is -0.493 e. The van der Waals surface area contributed by atoms with Gasteiger partial charge in [0.15, 0.2) is 11.5 Å². The molecule has 114 valence electrons. The number of hydrogen-bond donors (Lipinski definition) is 1. The predicted molar refractivity (Wildman–Crippen MR) is 82.6 cm³/mol. The van der Waals surface area contributed by atoms with Crippen molar-refractivity contribution in [3.05, 3.63) is 41.2 Å². The van der Waals surface area contributed by atoms with E-state index in [0.29, 0.717) is 18.1 Å². The van der Waals surface area contributed by atoms with Crippen molar-refractivity contribution >= 4 is 0 Å². The Hall–Kier alpha value is -2.01. The molecule has 1 heterocycles. The highest BCUT2D eigenvalue weighted by molar-refractivity contribution is 5.43. The quantitative estimate of drug-likeness (QED) is 0.888. The van der Waals surface area contributed by atoms with E-state index in [4.69, 9.17) is 15.2 Å². The number of hydrogen-bond acceptors (Lipinski definition) is 4. The molecule has 1 atom stereocenters. The second-order valence-electron chi connectivity index (χ2n) is 5.08. The van der Waals surface area contributed by atoms with E-state index in [1.165, 1.54) is 0 Å². The highest BCUT2D eigenvalue weighted by Gasteiger charge is 2.10. The van der Waals surface area contributed by atoms with Gasteiger partial charge in [-0.1, -0.05) is 6.07 Å². The Balaban J connectivity index is 2.15. The molecule has 0 spiro atoms. The normalized spacial score (nSPS) is 12.2. The third-order valence-electron chi connectivity index (χ3n) is 3.37. The summed E-state index contributed by atoms with van der Waals surface area (Å²) in [5, 5.41) is 4.41. The maximum Gasteiger partial charge on any atom is 0.161 e. The highest BCUT2D eigenvalue weighted by Crippen LogP contribution is 2.30. The Morgan fingerprint density at radius 3 is 2.67 bits per heavy atom. The van der Waals surface area contributed by atoms with Gasteiger partial charge in [-0.3, -0.25) is 4.68 Å². The second-order valence-corrected chi connectivity index (χ2v) is 5.08. The van der Waals surface area contributed by atoms with Crippen LogP contribution in [0.25, 0.3) is 0 Å². The van der Waals surface area contributed by atoms with E-state index in [9.17, 15) is 0 Å². The lowest BCUT2D eigenvalue weighted by molar-refractivity contribution is 0.273. The molecule has 2 N–H and O–H groups in total. The summed E-state index contributed by atoms with van der Waals surface area (Å²) in [4.78, 5) is 0. The third-order valence-corrected chi connectivity index (χ3v) is 3.37. The fourth-order valence-corrected chi connectivity index (χ4v) is 2.23. The molecule has 0 aliphatic carbocycles. The lowest BCUT2D eigenvalue weighted by Crippen LogP contribution is -2.08. The summed E-state index contributed by atoms with van der Waals surface area (Å²) in [6.07, 6.45) is 0. The smallest absolute Gasteiger partial charge is 0.161 e. The van der Waals surface area contributed by atoms with Gasteiger partial charge >= 0.3 is 0 Å². The lowest BCUT2D eigenvalue weighted by Gasteiger charge is -2.14. The van der Waals surface area contributed by atoms with Crippen LogP contribution in [0.15, 0.2) is 24.3 Å². The second kappa shape index (κ2) is 6.63. The zero-order chi connectivity index (χ0) is 15.4. The first-order chi connectivity index (χ1) is 10.0. The van der Waals surface area contributed by atoms with E-state index in [0.717, 1.165) is 23.5 Å². The van der Waals surface area contributed by atoms with Gasteiger partial charge in [0.25, 0.3) is 0 Å². The van der Waals surface area contributed by atoms with Crippen LogP contribution in [0, 0.1) is 6.92 Å². The van der Waals surface area contributed by atoms with Crippen LogP contribution in [0.3, 0.4) is 0 Å². The topological polar surface area (TPSA) is 62.3 Å². The molecule has 1 aromatic heterocycles. The van der Waals surface area contributed by atoms with Gasteiger partial charge in [-0.05, 0) is 44.5 Å². The van der Waals surface area contributed by atoms with Gasteiger partial charge in [0.1, 0.15) is 6.61 Å². The molecule has 0 saturated heterocycles. The first-order valence-electron chi connectivity index (χ1n) is 7.14. The van der Waals surface area contributed by atoms with E-state index in [-0.39, 0.29) is 6.04 Å². The number of rotatable bonds is 6. The Labute approximate surface area is 125 Å². The van der Waals surface area contributed by atoms with E-state index in [1.807, 2.05) is 42.8 Å². The van der Waals surface area contributed by atoms with Crippen LogP contribution in [0.4, 0.5) is 0 Å². The first-order valence-corrected chi connectivity index (χ1v) is 7.14. The third kappa shape index (κ3) is 3.55. The van der Waals surface area contributed by atoms with Gasteiger partial charge in [-0.2, -0.15) is 5.10 Å². The molecule has 0 amide bonds. The van der Waals surface area contributed by atoms with Gasteiger partial charge in [0, 0.05) is 12.6 Å². The standard InChI is InChI=1S/C16H23N3O2/c1-5-19-14(8-11(2)18-19)10-21-15-7-6-13(12(3)17)9-16(15)20-4/h6-9,12H,5,10,17H2,1-4H3/t12-/m1/s1. The molecular formula is C16H23N3O2. The predicted octanol–water partition coefficient (Wildman–Crippen LogP) is 2.82. The average molecular weight is 289 g/mol. The summed E-state index contributed by atoms with van der Waals surface area (Å²) in [6.45, 7) is 7.27. The van der Waals surface area contributed by atoms with Crippen molar-refractivity contribution in [2.75, 3.05) is 7.11 Å². The Bertz CT molecular complexity index is 606. The van der Waals surface area contributed by atoms with Crippen molar-refractivity contribution in [1.29, 1.82) is 0 Å². The number of nitrogens with zero attached hydrogens (tertiary/aromatic N) is 2. The number of benzene rings is 1. The van der Waals surface area contributed by atoms with Crippen molar-refractivity contribution in [2.45, 2.75) is 40.0 Å². The van der Waals surface area contributed by atoms with Crippen molar-refractivity contribution in [3.63, 3.8) is 0 Å². The highest BCUT2D eigenvalue weighted by atomic mass is 16.5. The molecule has 2 aromatic rings. The zero-order valence-electron chi connectivity index (χ0n) is 13.1. The summed E-state index contributed by atoms with van der Waals surface area (Å²) in [6, 6.07) is 7.79. The minimum atomic E-state index is -0.0304. The Morgan fingerprint density at radius 2 is 2.05 bits per heavy atom. The summed E-state index contributed by atoms with van der Waals surface area (Å²) in [7, 11) is 1.63. The number of ether oxygens (including phenoxy) is 2. The molecule has 0 aliphatic rings.